The summed E-state index contributed by atoms with van der Waals surface area (Å²) in [5.41, 5.74) is 7.88. The van der Waals surface area contributed by atoms with E-state index in [9.17, 15) is 10.1 Å². The maximum atomic E-state index is 10.7. The SMILES string of the molecule is CN(Cc1ccsc1)c1ccc([N+](=O)[O-])c(N)c1. The standard InChI is InChI=1S/C12H13N3O2S/c1-14(7-9-4-5-18-8-9)10-2-3-12(15(16)17)11(13)6-10/h2-6,8H,7,13H2,1H3. The molecular weight excluding hydrogens is 250 g/mol. The molecule has 0 amide bonds. The Labute approximate surface area is 109 Å². The van der Waals surface area contributed by atoms with E-state index in [1.54, 1.807) is 23.5 Å². The summed E-state index contributed by atoms with van der Waals surface area (Å²) in [6, 6.07) is 6.83. The predicted octanol–water partition coefficient (Wildman–Crippen LogP) is 2.87. The molecule has 5 nitrogen and oxygen atoms in total. The summed E-state index contributed by atoms with van der Waals surface area (Å²) in [4.78, 5) is 12.2. The Hall–Kier alpha value is -2.08. The van der Waals surface area contributed by atoms with Gasteiger partial charge < -0.3 is 10.6 Å². The van der Waals surface area contributed by atoms with Crippen LogP contribution in [0.2, 0.25) is 0 Å². The maximum absolute atomic E-state index is 10.7. The minimum Gasteiger partial charge on any atom is -0.393 e. The lowest BCUT2D eigenvalue weighted by atomic mass is 10.2. The third kappa shape index (κ3) is 2.60. The lowest BCUT2D eigenvalue weighted by molar-refractivity contribution is -0.383. The molecule has 18 heavy (non-hydrogen) atoms. The summed E-state index contributed by atoms with van der Waals surface area (Å²) in [7, 11) is 1.93. The van der Waals surface area contributed by atoms with Gasteiger partial charge in [0, 0.05) is 25.3 Å². The Bertz CT molecular complexity index is 554. The molecule has 0 unspecified atom stereocenters. The fourth-order valence-corrected chi connectivity index (χ4v) is 2.35. The van der Waals surface area contributed by atoms with Crippen molar-refractivity contribution in [1.29, 1.82) is 0 Å². The largest absolute Gasteiger partial charge is 0.393 e. The van der Waals surface area contributed by atoms with Crippen molar-refractivity contribution in [2.45, 2.75) is 6.54 Å². The second kappa shape index (κ2) is 5.05. The highest BCUT2D eigenvalue weighted by Crippen LogP contribution is 2.27. The van der Waals surface area contributed by atoms with Gasteiger partial charge in [-0.2, -0.15) is 11.3 Å². The Kier molecular flexibility index (Phi) is 3.47. The molecule has 1 aromatic heterocycles. The van der Waals surface area contributed by atoms with Gasteiger partial charge in [-0.1, -0.05) is 0 Å². The summed E-state index contributed by atoms with van der Waals surface area (Å²) in [6.07, 6.45) is 0. The van der Waals surface area contributed by atoms with Gasteiger partial charge in [0.25, 0.3) is 5.69 Å². The first kappa shape index (κ1) is 12.4. The zero-order valence-corrected chi connectivity index (χ0v) is 10.7. The van der Waals surface area contributed by atoms with Crippen LogP contribution < -0.4 is 10.6 Å². The van der Waals surface area contributed by atoms with Crippen LogP contribution in [0.25, 0.3) is 0 Å². The van der Waals surface area contributed by atoms with Gasteiger partial charge in [0.2, 0.25) is 0 Å². The van der Waals surface area contributed by atoms with Crippen molar-refractivity contribution in [3.63, 3.8) is 0 Å². The summed E-state index contributed by atoms with van der Waals surface area (Å²) < 4.78 is 0. The quantitative estimate of drug-likeness (QED) is 0.523. The molecule has 0 aliphatic rings. The highest BCUT2D eigenvalue weighted by atomic mass is 32.1. The van der Waals surface area contributed by atoms with Crippen molar-refractivity contribution < 1.29 is 4.92 Å². The normalized spacial score (nSPS) is 10.3. The van der Waals surface area contributed by atoms with Crippen LogP contribution in [0.15, 0.2) is 35.0 Å². The van der Waals surface area contributed by atoms with E-state index in [2.05, 4.69) is 11.4 Å². The second-order valence-corrected chi connectivity index (χ2v) is 4.77. The molecule has 2 rings (SSSR count). The van der Waals surface area contributed by atoms with E-state index in [0.717, 1.165) is 12.2 Å². The van der Waals surface area contributed by atoms with Crippen molar-refractivity contribution in [1.82, 2.24) is 0 Å². The molecule has 0 saturated carbocycles. The molecule has 1 aromatic carbocycles. The minimum atomic E-state index is -0.474. The lowest BCUT2D eigenvalue weighted by Gasteiger charge is -2.18. The molecule has 0 aliphatic carbocycles. The van der Waals surface area contributed by atoms with Gasteiger partial charge in [0.05, 0.1) is 4.92 Å². The van der Waals surface area contributed by atoms with Gasteiger partial charge in [-0.05, 0) is 34.5 Å². The molecular formula is C12H13N3O2S. The minimum absolute atomic E-state index is 0.0531. The zero-order chi connectivity index (χ0) is 13.1. The summed E-state index contributed by atoms with van der Waals surface area (Å²) >= 11 is 1.65. The Morgan fingerprint density at radius 2 is 2.22 bits per heavy atom. The number of nitro groups is 1. The van der Waals surface area contributed by atoms with E-state index in [-0.39, 0.29) is 11.4 Å². The Morgan fingerprint density at radius 3 is 2.78 bits per heavy atom. The van der Waals surface area contributed by atoms with E-state index < -0.39 is 4.92 Å². The number of nitrogens with two attached hydrogens (primary N) is 1. The van der Waals surface area contributed by atoms with Crippen LogP contribution in [0.4, 0.5) is 17.1 Å². The van der Waals surface area contributed by atoms with Crippen molar-refractivity contribution >= 4 is 28.4 Å². The summed E-state index contributed by atoms with van der Waals surface area (Å²) in [5, 5.41) is 14.8. The lowest BCUT2D eigenvalue weighted by Crippen LogP contribution is -2.16. The molecule has 6 heteroatoms. The van der Waals surface area contributed by atoms with Gasteiger partial charge in [-0.3, -0.25) is 10.1 Å². The molecule has 2 aromatic rings. The van der Waals surface area contributed by atoms with E-state index in [0.29, 0.717) is 0 Å². The third-order valence-corrected chi connectivity index (χ3v) is 3.38. The third-order valence-electron chi connectivity index (χ3n) is 2.65. The first-order valence-electron chi connectivity index (χ1n) is 5.34. The average Bonchev–Trinajstić information content (AvgIpc) is 2.81. The molecule has 2 N–H and O–H groups in total. The smallest absolute Gasteiger partial charge is 0.292 e. The molecule has 0 spiro atoms. The molecule has 1 heterocycles. The van der Waals surface area contributed by atoms with Crippen molar-refractivity contribution in [2.75, 3.05) is 17.7 Å². The number of nitro benzene ring substituents is 1. The van der Waals surface area contributed by atoms with Crippen molar-refractivity contribution in [3.05, 3.63) is 50.7 Å². The Morgan fingerprint density at radius 1 is 1.44 bits per heavy atom. The van der Waals surface area contributed by atoms with E-state index >= 15 is 0 Å². The molecule has 94 valence electrons. The van der Waals surface area contributed by atoms with Crippen molar-refractivity contribution in [2.24, 2.45) is 0 Å². The van der Waals surface area contributed by atoms with Crippen LogP contribution in [0.3, 0.4) is 0 Å². The first-order chi connectivity index (χ1) is 8.58. The number of hydrogen-bond donors (Lipinski definition) is 1. The first-order valence-corrected chi connectivity index (χ1v) is 6.28. The van der Waals surface area contributed by atoms with Gasteiger partial charge in [0.15, 0.2) is 0 Å². The molecule has 0 atom stereocenters. The number of nitrogen functional groups attached to an aromatic ring is 1. The van der Waals surface area contributed by atoms with Crippen LogP contribution in [-0.2, 0) is 6.54 Å². The van der Waals surface area contributed by atoms with Gasteiger partial charge in [-0.15, -0.1) is 0 Å². The van der Waals surface area contributed by atoms with E-state index in [1.165, 1.54) is 11.6 Å². The molecule has 0 aliphatic heterocycles. The fourth-order valence-electron chi connectivity index (χ4n) is 1.69. The fraction of sp³-hybridized carbons (Fsp3) is 0.167. The highest BCUT2D eigenvalue weighted by Gasteiger charge is 2.12. The van der Waals surface area contributed by atoms with Crippen LogP contribution in [-0.4, -0.2) is 12.0 Å². The summed E-state index contributed by atoms with van der Waals surface area (Å²) in [5.74, 6) is 0. The van der Waals surface area contributed by atoms with Crippen LogP contribution in [0.1, 0.15) is 5.56 Å². The van der Waals surface area contributed by atoms with E-state index in [1.807, 2.05) is 17.3 Å². The Balaban J connectivity index is 2.18. The highest BCUT2D eigenvalue weighted by molar-refractivity contribution is 7.07. The number of thiophene rings is 1. The number of rotatable bonds is 4. The molecule has 0 radical (unpaired) electrons. The average molecular weight is 263 g/mol. The van der Waals surface area contributed by atoms with Gasteiger partial charge >= 0.3 is 0 Å². The molecule has 0 saturated heterocycles. The topological polar surface area (TPSA) is 72.4 Å². The van der Waals surface area contributed by atoms with Crippen molar-refractivity contribution in [3.8, 4) is 0 Å². The number of anilines is 2. The molecule has 0 fully saturated rings. The van der Waals surface area contributed by atoms with Gasteiger partial charge in [-0.25, -0.2) is 0 Å². The number of hydrogen-bond acceptors (Lipinski definition) is 5. The zero-order valence-electron chi connectivity index (χ0n) is 9.87. The number of benzene rings is 1. The number of nitrogens with zero attached hydrogens (tertiary/aromatic N) is 2. The van der Waals surface area contributed by atoms with Crippen LogP contribution in [0.5, 0.6) is 0 Å². The second-order valence-electron chi connectivity index (χ2n) is 3.99. The van der Waals surface area contributed by atoms with Gasteiger partial charge in [0.1, 0.15) is 5.69 Å². The monoisotopic (exact) mass is 263 g/mol. The van der Waals surface area contributed by atoms with Crippen LogP contribution in [0, 0.1) is 10.1 Å². The summed E-state index contributed by atoms with van der Waals surface area (Å²) in [6.45, 7) is 0.751. The predicted molar refractivity (Wildman–Crippen MR) is 73.9 cm³/mol. The van der Waals surface area contributed by atoms with Crippen LogP contribution >= 0.6 is 11.3 Å². The maximum Gasteiger partial charge on any atom is 0.292 e. The molecule has 0 bridgehead atoms. The van der Waals surface area contributed by atoms with E-state index in [4.69, 9.17) is 5.73 Å².